The van der Waals surface area contributed by atoms with Crippen LogP contribution in [0.15, 0.2) is 24.3 Å². The van der Waals surface area contributed by atoms with Gasteiger partial charge < -0.3 is 5.32 Å². The van der Waals surface area contributed by atoms with E-state index in [1.165, 1.54) is 7.05 Å². The zero-order valence-corrected chi connectivity index (χ0v) is 13.0. The molecular formula is C14H22N2O3S. The summed E-state index contributed by atoms with van der Waals surface area (Å²) in [6, 6.07) is 7.22. The molecule has 0 saturated heterocycles. The quantitative estimate of drug-likeness (QED) is 0.799. The third-order valence-corrected chi connectivity index (χ3v) is 4.60. The molecule has 1 amide bonds. The first-order chi connectivity index (χ1) is 9.39. The van der Waals surface area contributed by atoms with Gasteiger partial charge in [0.25, 0.3) is 0 Å². The van der Waals surface area contributed by atoms with Crippen LogP contribution in [0.3, 0.4) is 0 Å². The van der Waals surface area contributed by atoms with E-state index in [4.69, 9.17) is 0 Å². The van der Waals surface area contributed by atoms with Gasteiger partial charge in [0.2, 0.25) is 15.9 Å². The average Bonchev–Trinajstić information content (AvgIpc) is 2.44. The van der Waals surface area contributed by atoms with Gasteiger partial charge in [0, 0.05) is 12.5 Å². The zero-order valence-electron chi connectivity index (χ0n) is 12.1. The molecule has 20 heavy (non-hydrogen) atoms. The number of sulfonamides is 1. The summed E-state index contributed by atoms with van der Waals surface area (Å²) in [5, 5.41) is 2.84. The summed E-state index contributed by atoms with van der Waals surface area (Å²) in [7, 11) is -1.93. The number of hydrogen-bond acceptors (Lipinski definition) is 3. The summed E-state index contributed by atoms with van der Waals surface area (Å²) in [4.78, 5) is 11.8. The summed E-state index contributed by atoms with van der Waals surface area (Å²) in [6.07, 6.45) is 0.779. The monoisotopic (exact) mass is 298 g/mol. The third kappa shape index (κ3) is 4.94. The number of hydrogen-bond donors (Lipinski definition) is 2. The van der Waals surface area contributed by atoms with Gasteiger partial charge in [-0.2, -0.15) is 0 Å². The molecule has 1 aromatic rings. The lowest BCUT2D eigenvalue weighted by molar-refractivity contribution is -0.124. The highest BCUT2D eigenvalue weighted by atomic mass is 32.2. The fourth-order valence-corrected chi connectivity index (χ4v) is 2.53. The van der Waals surface area contributed by atoms with E-state index in [-0.39, 0.29) is 17.6 Å². The molecule has 0 unspecified atom stereocenters. The van der Waals surface area contributed by atoms with Crippen molar-refractivity contribution in [2.45, 2.75) is 32.6 Å². The van der Waals surface area contributed by atoms with E-state index in [2.05, 4.69) is 10.0 Å². The molecule has 1 rings (SSSR count). The van der Waals surface area contributed by atoms with Crippen molar-refractivity contribution >= 4 is 15.9 Å². The fourth-order valence-electron chi connectivity index (χ4n) is 1.69. The van der Waals surface area contributed by atoms with Crippen LogP contribution in [0.5, 0.6) is 0 Å². The number of amides is 1. The summed E-state index contributed by atoms with van der Waals surface area (Å²) in [5.74, 6) is -0.138. The average molecular weight is 298 g/mol. The second-order valence-electron chi connectivity index (χ2n) is 4.76. The first-order valence-corrected chi connectivity index (χ1v) is 8.30. The largest absolute Gasteiger partial charge is 0.352 e. The predicted molar refractivity (Wildman–Crippen MR) is 79.4 cm³/mol. The Hall–Kier alpha value is -1.40. The summed E-state index contributed by atoms with van der Waals surface area (Å²) < 4.78 is 25.5. The van der Waals surface area contributed by atoms with E-state index in [0.717, 1.165) is 12.0 Å². The Morgan fingerprint density at radius 2 is 1.85 bits per heavy atom. The van der Waals surface area contributed by atoms with Crippen molar-refractivity contribution in [1.82, 2.24) is 10.0 Å². The molecule has 1 atom stereocenters. The van der Waals surface area contributed by atoms with Crippen molar-refractivity contribution in [3.63, 3.8) is 0 Å². The van der Waals surface area contributed by atoms with Gasteiger partial charge in [-0.25, -0.2) is 13.1 Å². The Morgan fingerprint density at radius 1 is 1.25 bits per heavy atom. The summed E-state index contributed by atoms with van der Waals surface area (Å²) in [6.45, 7) is 4.17. The second kappa shape index (κ2) is 7.40. The number of benzene rings is 1. The molecular weight excluding hydrogens is 276 g/mol. The zero-order chi connectivity index (χ0) is 15.2. The standard InChI is InChI=1S/C14H22N2O3S/c1-4-11(2)14(17)16-9-12-7-5-6-8-13(12)10-20(18,19)15-3/h5-8,11,15H,4,9-10H2,1-3H3,(H,16,17)/t11-/m1/s1. The van der Waals surface area contributed by atoms with E-state index in [1.54, 1.807) is 12.1 Å². The van der Waals surface area contributed by atoms with Gasteiger partial charge in [-0.05, 0) is 24.6 Å². The van der Waals surface area contributed by atoms with Crippen LogP contribution in [0.2, 0.25) is 0 Å². The molecule has 0 fully saturated rings. The summed E-state index contributed by atoms with van der Waals surface area (Å²) >= 11 is 0. The van der Waals surface area contributed by atoms with Crippen LogP contribution < -0.4 is 10.0 Å². The van der Waals surface area contributed by atoms with E-state index in [9.17, 15) is 13.2 Å². The van der Waals surface area contributed by atoms with E-state index in [0.29, 0.717) is 12.1 Å². The third-order valence-electron chi connectivity index (χ3n) is 3.29. The van der Waals surface area contributed by atoms with Crippen LogP contribution in [-0.2, 0) is 27.1 Å². The molecule has 6 heteroatoms. The van der Waals surface area contributed by atoms with Crippen molar-refractivity contribution in [3.8, 4) is 0 Å². The topological polar surface area (TPSA) is 75.3 Å². The lowest BCUT2D eigenvalue weighted by Gasteiger charge is -2.13. The molecule has 0 bridgehead atoms. The molecule has 0 heterocycles. The normalized spacial score (nSPS) is 12.9. The van der Waals surface area contributed by atoms with Crippen LogP contribution >= 0.6 is 0 Å². The smallest absolute Gasteiger partial charge is 0.223 e. The molecule has 0 aromatic heterocycles. The molecule has 0 aliphatic carbocycles. The highest BCUT2D eigenvalue weighted by Crippen LogP contribution is 2.12. The molecule has 112 valence electrons. The van der Waals surface area contributed by atoms with Crippen LogP contribution in [-0.4, -0.2) is 21.4 Å². The van der Waals surface area contributed by atoms with E-state index >= 15 is 0 Å². The Morgan fingerprint density at radius 3 is 2.40 bits per heavy atom. The Labute approximate surface area is 120 Å². The Kier molecular flexibility index (Phi) is 6.16. The minimum atomic E-state index is -3.32. The first kappa shape index (κ1) is 16.7. The number of rotatable bonds is 7. The number of nitrogens with one attached hydrogen (secondary N) is 2. The van der Waals surface area contributed by atoms with Crippen molar-refractivity contribution < 1.29 is 13.2 Å². The SMILES string of the molecule is CC[C@@H](C)C(=O)NCc1ccccc1CS(=O)(=O)NC. The minimum Gasteiger partial charge on any atom is -0.352 e. The van der Waals surface area contributed by atoms with Gasteiger partial charge in [-0.15, -0.1) is 0 Å². The van der Waals surface area contributed by atoms with Gasteiger partial charge in [-0.1, -0.05) is 38.1 Å². The molecule has 5 nitrogen and oxygen atoms in total. The van der Waals surface area contributed by atoms with Crippen molar-refractivity contribution in [2.24, 2.45) is 5.92 Å². The molecule has 0 aliphatic rings. The van der Waals surface area contributed by atoms with Gasteiger partial charge >= 0.3 is 0 Å². The predicted octanol–water partition coefficient (Wildman–Crippen LogP) is 1.40. The Balaban J connectivity index is 2.79. The van der Waals surface area contributed by atoms with Crippen molar-refractivity contribution in [3.05, 3.63) is 35.4 Å². The lowest BCUT2D eigenvalue weighted by atomic mass is 10.1. The lowest BCUT2D eigenvalue weighted by Crippen LogP contribution is -2.29. The number of carbonyl (C=O) groups is 1. The van der Waals surface area contributed by atoms with Gasteiger partial charge in [0.15, 0.2) is 0 Å². The fraction of sp³-hybridized carbons (Fsp3) is 0.500. The van der Waals surface area contributed by atoms with Crippen LogP contribution in [0.25, 0.3) is 0 Å². The molecule has 0 saturated carbocycles. The molecule has 2 N–H and O–H groups in total. The van der Waals surface area contributed by atoms with Gasteiger partial charge in [-0.3, -0.25) is 4.79 Å². The maximum Gasteiger partial charge on any atom is 0.223 e. The molecule has 0 aliphatic heterocycles. The van der Waals surface area contributed by atoms with Crippen LogP contribution in [0, 0.1) is 5.92 Å². The number of carbonyl (C=O) groups excluding carboxylic acids is 1. The summed E-state index contributed by atoms with van der Waals surface area (Å²) in [5.41, 5.74) is 1.52. The van der Waals surface area contributed by atoms with Gasteiger partial charge in [0.1, 0.15) is 0 Å². The van der Waals surface area contributed by atoms with Crippen LogP contribution in [0.1, 0.15) is 31.4 Å². The van der Waals surface area contributed by atoms with Gasteiger partial charge in [0.05, 0.1) is 5.75 Å². The van der Waals surface area contributed by atoms with Crippen molar-refractivity contribution in [1.29, 1.82) is 0 Å². The van der Waals surface area contributed by atoms with E-state index in [1.807, 2.05) is 26.0 Å². The molecule has 0 radical (unpaired) electrons. The van der Waals surface area contributed by atoms with E-state index < -0.39 is 10.0 Å². The minimum absolute atomic E-state index is 0.0150. The highest BCUT2D eigenvalue weighted by molar-refractivity contribution is 7.88. The van der Waals surface area contributed by atoms with Crippen LogP contribution in [0.4, 0.5) is 0 Å². The first-order valence-electron chi connectivity index (χ1n) is 6.65. The molecule has 1 aromatic carbocycles. The maximum absolute atomic E-state index is 11.8. The Bertz CT molecular complexity index is 555. The second-order valence-corrected chi connectivity index (χ2v) is 6.69. The molecule has 0 spiro atoms. The van der Waals surface area contributed by atoms with Crippen molar-refractivity contribution in [2.75, 3.05) is 7.05 Å². The maximum atomic E-state index is 11.8. The highest BCUT2D eigenvalue weighted by Gasteiger charge is 2.14.